The van der Waals surface area contributed by atoms with Crippen molar-refractivity contribution < 1.29 is 0 Å². The Bertz CT molecular complexity index is 3350. The number of nitrogens with zero attached hydrogens (tertiary/aromatic N) is 2. The summed E-state index contributed by atoms with van der Waals surface area (Å²) in [6.45, 7) is 4.69. The summed E-state index contributed by atoms with van der Waals surface area (Å²) in [5, 5.41) is 16.3. The maximum Gasteiger partial charge on any atom is 0.243 e. The lowest BCUT2D eigenvalue weighted by molar-refractivity contribution is 0.649. The summed E-state index contributed by atoms with van der Waals surface area (Å²) in [6.07, 6.45) is 21.1. The molecule has 4 unspecified atom stereocenters. The molecule has 2 nitrogen and oxygen atoms in total. The third-order valence-corrected chi connectivity index (χ3v) is 15.4. The van der Waals surface area contributed by atoms with E-state index >= 15 is 0 Å². The van der Waals surface area contributed by atoms with E-state index in [1.165, 1.54) is 105 Å². The Kier molecular flexibility index (Phi) is 7.84. The van der Waals surface area contributed by atoms with Gasteiger partial charge in [-0.2, -0.15) is 5.26 Å². The van der Waals surface area contributed by atoms with E-state index in [0.717, 1.165) is 31.2 Å². The first-order valence-corrected chi connectivity index (χ1v) is 22.6. The van der Waals surface area contributed by atoms with Crippen molar-refractivity contribution in [1.29, 1.82) is 5.26 Å². The molecular weight excluding hydrogens is 747 g/mol. The molecule has 0 saturated heterocycles. The van der Waals surface area contributed by atoms with Crippen LogP contribution in [0.25, 0.3) is 28.0 Å². The summed E-state index contributed by atoms with van der Waals surface area (Å²) in [5.74, 6) is 0.691. The highest BCUT2D eigenvalue weighted by Crippen LogP contribution is 2.55. The van der Waals surface area contributed by atoms with Crippen LogP contribution in [0.2, 0.25) is 0 Å². The zero-order valence-electron chi connectivity index (χ0n) is 35.2. The van der Waals surface area contributed by atoms with Gasteiger partial charge in [0.1, 0.15) is 0 Å². The highest BCUT2D eigenvalue weighted by Gasteiger charge is 2.50. The molecule has 13 rings (SSSR count). The molecule has 0 bridgehead atoms. The molecule has 3 heteroatoms. The predicted molar refractivity (Wildman–Crippen MR) is 258 cm³/mol. The average molecular weight is 793 g/mol. The highest BCUT2D eigenvalue weighted by molar-refractivity contribution is 6.94. The Balaban J connectivity index is 1.17. The van der Waals surface area contributed by atoms with Crippen LogP contribution in [0, 0.1) is 23.2 Å². The van der Waals surface area contributed by atoms with Crippen molar-refractivity contribution >= 4 is 57.0 Å². The molecule has 294 valence electrons. The van der Waals surface area contributed by atoms with E-state index in [2.05, 4.69) is 189 Å². The van der Waals surface area contributed by atoms with Crippen LogP contribution in [0.5, 0.6) is 0 Å². The second-order valence-electron chi connectivity index (χ2n) is 18.5. The molecule has 6 aromatic carbocycles. The topological polar surface area (TPSA) is 27.0 Å². The Morgan fingerprint density at radius 2 is 1.53 bits per heavy atom. The second kappa shape index (κ2) is 13.6. The molecule has 5 aliphatic carbocycles. The van der Waals surface area contributed by atoms with Crippen molar-refractivity contribution in [3.63, 3.8) is 0 Å². The van der Waals surface area contributed by atoms with Gasteiger partial charge in [0.25, 0.3) is 0 Å². The average Bonchev–Trinajstić information content (AvgIpc) is 3.32. The molecule has 0 aromatic heterocycles. The fraction of sp³-hybridized carbons (Fsp3) is 0.169. The van der Waals surface area contributed by atoms with Gasteiger partial charge in [-0.1, -0.05) is 157 Å². The number of anilines is 2. The fourth-order valence-corrected chi connectivity index (χ4v) is 12.9. The molecule has 4 atom stereocenters. The van der Waals surface area contributed by atoms with Gasteiger partial charge in [-0.3, -0.25) is 0 Å². The summed E-state index contributed by atoms with van der Waals surface area (Å²) in [4.78, 5) is 2.62. The number of nitriles is 1. The number of rotatable bonds is 3. The summed E-state index contributed by atoms with van der Waals surface area (Å²) >= 11 is 0. The minimum absolute atomic E-state index is 0.0572. The van der Waals surface area contributed by atoms with Gasteiger partial charge >= 0.3 is 0 Å². The molecule has 2 heterocycles. The Morgan fingerprint density at radius 3 is 2.37 bits per heavy atom. The third kappa shape index (κ3) is 4.98. The minimum Gasteiger partial charge on any atom is -0.311 e. The van der Waals surface area contributed by atoms with Crippen molar-refractivity contribution in [2.24, 2.45) is 11.8 Å². The van der Waals surface area contributed by atoms with Gasteiger partial charge in [0.2, 0.25) is 6.71 Å². The van der Waals surface area contributed by atoms with Crippen molar-refractivity contribution in [3.05, 3.63) is 229 Å². The molecular formula is C59H45BN2. The molecule has 0 spiro atoms. The SMILES string of the molecule is CC1=CCCC(C)=C1N1c2cc3c(cc2B2C4=CCCC5=c6ccc7ccccc7c6=CC(c6cc(C#N)cc1c62)C45)C(c1ccccc1)=C1C=CC=CC1C3c1ccccc1. The Morgan fingerprint density at radius 1 is 0.726 bits per heavy atom. The first-order chi connectivity index (χ1) is 30.6. The molecule has 0 saturated carbocycles. The molecule has 2 aliphatic heterocycles. The quantitative estimate of drug-likeness (QED) is 0.167. The predicted octanol–water partition coefficient (Wildman–Crippen LogP) is 11.1. The fourth-order valence-electron chi connectivity index (χ4n) is 12.9. The standard InChI is InChI=1S/C59H45BN2/c1-35-15-13-16-36(2)59(35)62-53-33-49-48(55(39-18-5-3-6-19-39)44-23-11-12-24-45(44)56(49)40-20-7-4-8-21-40)32-52(53)60-51-26-14-25-43-42-28-27-38-17-9-10-22-41(38)46(42)31-47(57(43)51)50-29-37(34-61)30-54(62)58(50)60/h3-12,15,17-24,26-33,45,47,56-57H,13-14,16,25H2,1-2H3. The maximum atomic E-state index is 10.9. The summed E-state index contributed by atoms with van der Waals surface area (Å²) in [5.41, 5.74) is 22.4. The van der Waals surface area contributed by atoms with E-state index in [1.807, 2.05) is 0 Å². The zero-order valence-corrected chi connectivity index (χ0v) is 35.2. The van der Waals surface area contributed by atoms with Crippen LogP contribution < -0.4 is 26.3 Å². The van der Waals surface area contributed by atoms with Crippen molar-refractivity contribution in [3.8, 4) is 6.07 Å². The number of hydrogen-bond acceptors (Lipinski definition) is 2. The largest absolute Gasteiger partial charge is 0.311 e. The van der Waals surface area contributed by atoms with Crippen LogP contribution in [0.3, 0.4) is 0 Å². The van der Waals surface area contributed by atoms with Crippen molar-refractivity contribution in [1.82, 2.24) is 0 Å². The molecule has 0 amide bonds. The van der Waals surface area contributed by atoms with Crippen LogP contribution >= 0.6 is 0 Å². The normalized spacial score (nSPS) is 22.4. The van der Waals surface area contributed by atoms with E-state index in [4.69, 9.17) is 0 Å². The van der Waals surface area contributed by atoms with Crippen molar-refractivity contribution in [2.75, 3.05) is 4.90 Å². The minimum atomic E-state index is 0.0572. The lowest BCUT2D eigenvalue weighted by atomic mass is 9.27. The third-order valence-electron chi connectivity index (χ3n) is 15.4. The van der Waals surface area contributed by atoms with Crippen molar-refractivity contribution in [2.45, 2.75) is 51.4 Å². The van der Waals surface area contributed by atoms with Crippen LogP contribution in [0.4, 0.5) is 11.4 Å². The molecule has 62 heavy (non-hydrogen) atoms. The number of fused-ring (bicyclic) bond motifs is 9. The smallest absolute Gasteiger partial charge is 0.243 e. The Labute approximate surface area is 364 Å². The van der Waals surface area contributed by atoms with Gasteiger partial charge in [0.05, 0.1) is 11.6 Å². The monoisotopic (exact) mass is 792 g/mol. The molecule has 0 fully saturated rings. The maximum absolute atomic E-state index is 10.9. The van der Waals surface area contributed by atoms with E-state index in [9.17, 15) is 5.26 Å². The van der Waals surface area contributed by atoms with Gasteiger partial charge < -0.3 is 4.90 Å². The highest BCUT2D eigenvalue weighted by atomic mass is 15.2. The lowest BCUT2D eigenvalue weighted by Gasteiger charge is -2.49. The molecule has 6 aromatic rings. The summed E-state index contributed by atoms with van der Waals surface area (Å²) < 4.78 is 0. The molecule has 7 aliphatic rings. The van der Waals surface area contributed by atoms with Crippen LogP contribution in [0.1, 0.15) is 84.7 Å². The molecule has 0 radical (unpaired) electrons. The van der Waals surface area contributed by atoms with Crippen LogP contribution in [0.15, 0.2) is 186 Å². The van der Waals surface area contributed by atoms with Gasteiger partial charge in [0.15, 0.2) is 0 Å². The first kappa shape index (κ1) is 35.8. The second-order valence-corrected chi connectivity index (χ2v) is 18.5. The van der Waals surface area contributed by atoms with Crippen LogP contribution in [-0.4, -0.2) is 6.71 Å². The van der Waals surface area contributed by atoms with Crippen LogP contribution in [-0.2, 0) is 0 Å². The Hall–Kier alpha value is -6.89. The van der Waals surface area contributed by atoms with Gasteiger partial charge in [-0.25, -0.2) is 0 Å². The van der Waals surface area contributed by atoms with E-state index in [-0.39, 0.29) is 30.4 Å². The summed E-state index contributed by atoms with van der Waals surface area (Å²) in [6, 6.07) is 48.4. The van der Waals surface area contributed by atoms with Gasteiger partial charge in [-0.15, -0.1) is 0 Å². The van der Waals surface area contributed by atoms with E-state index < -0.39 is 0 Å². The number of allylic oxidation sites excluding steroid dienone is 10. The van der Waals surface area contributed by atoms with E-state index in [0.29, 0.717) is 0 Å². The number of benzene rings is 6. The lowest BCUT2D eigenvalue weighted by Crippen LogP contribution is -2.59. The first-order valence-electron chi connectivity index (χ1n) is 22.6. The summed E-state index contributed by atoms with van der Waals surface area (Å²) in [7, 11) is 0. The number of hydrogen-bond donors (Lipinski definition) is 0. The van der Waals surface area contributed by atoms with Gasteiger partial charge in [0, 0.05) is 40.7 Å². The molecule has 0 N–H and O–H groups in total. The van der Waals surface area contributed by atoms with E-state index in [1.54, 1.807) is 5.57 Å². The van der Waals surface area contributed by atoms with Gasteiger partial charge in [-0.05, 0) is 140 Å². The zero-order chi connectivity index (χ0) is 41.2.